The lowest BCUT2D eigenvalue weighted by atomic mass is 9.73. The van der Waals surface area contributed by atoms with Gasteiger partial charge in [0, 0.05) is 25.7 Å². The molecule has 0 radical (unpaired) electrons. The second kappa shape index (κ2) is 6.12. The number of amides is 2. The van der Waals surface area contributed by atoms with Crippen molar-refractivity contribution in [2.75, 3.05) is 31.6 Å². The fourth-order valence-electron chi connectivity index (χ4n) is 3.78. The Labute approximate surface area is 151 Å². The summed E-state index contributed by atoms with van der Waals surface area (Å²) in [5, 5.41) is 19.0. The van der Waals surface area contributed by atoms with Crippen molar-refractivity contribution in [3.05, 3.63) is 23.5 Å². The van der Waals surface area contributed by atoms with Gasteiger partial charge in [-0.3, -0.25) is 4.79 Å². The Hall–Kier alpha value is -2.35. The Bertz CT molecular complexity index is 751. The lowest BCUT2D eigenvalue weighted by molar-refractivity contribution is -0.124. The maximum Gasteiger partial charge on any atom is 0.407 e. The highest BCUT2D eigenvalue weighted by Crippen LogP contribution is 2.52. The maximum absolute atomic E-state index is 14.8. The monoisotopic (exact) mass is 366 g/mol. The lowest BCUT2D eigenvalue weighted by Gasteiger charge is -2.37. The molecule has 2 aliphatic heterocycles. The first kappa shape index (κ1) is 18.4. The smallest absolute Gasteiger partial charge is 0.407 e. The molecule has 0 aromatic heterocycles. The minimum atomic E-state index is -1.08. The van der Waals surface area contributed by atoms with Crippen LogP contribution in [0.15, 0.2) is 12.1 Å². The molecule has 0 atom stereocenters. The zero-order chi connectivity index (χ0) is 19.3. The van der Waals surface area contributed by atoms with Crippen LogP contribution in [0.1, 0.15) is 32.3 Å². The first-order valence-electron chi connectivity index (χ1n) is 8.51. The number of carboxylic acid groups (broad SMARTS) is 1. The molecule has 2 aliphatic rings. The Morgan fingerprint density at radius 3 is 2.50 bits per heavy atom. The van der Waals surface area contributed by atoms with E-state index in [1.54, 1.807) is 20.9 Å². The molecular weight excluding hydrogens is 343 g/mol. The molecule has 2 amide bonds. The third-order valence-electron chi connectivity index (χ3n) is 5.09. The van der Waals surface area contributed by atoms with Crippen molar-refractivity contribution in [1.82, 2.24) is 4.90 Å². The van der Waals surface area contributed by atoms with E-state index in [1.165, 1.54) is 21.9 Å². The van der Waals surface area contributed by atoms with Crippen molar-refractivity contribution in [1.29, 1.82) is 0 Å². The molecule has 0 unspecified atom stereocenters. The van der Waals surface area contributed by atoms with Gasteiger partial charge in [0.1, 0.15) is 18.2 Å². The zero-order valence-electron chi connectivity index (χ0n) is 15.1. The number of fused-ring (bicyclic) bond motifs is 2. The normalized spacial score (nSPS) is 19.0. The number of likely N-dealkylation sites (tertiary alicyclic amines) is 1. The van der Waals surface area contributed by atoms with Crippen LogP contribution in [0.4, 0.5) is 14.9 Å². The summed E-state index contributed by atoms with van der Waals surface area (Å²) < 4.78 is 20.4. The molecule has 0 aliphatic carbocycles. The average molecular weight is 366 g/mol. The molecule has 8 heteroatoms. The summed E-state index contributed by atoms with van der Waals surface area (Å²) in [6.07, 6.45) is -0.593. The number of nitrogens with zero attached hydrogens (tertiary/aromatic N) is 2. The van der Waals surface area contributed by atoms with Crippen molar-refractivity contribution in [3.8, 4) is 5.75 Å². The predicted molar refractivity (Wildman–Crippen MR) is 92.1 cm³/mol. The third-order valence-corrected chi connectivity index (χ3v) is 5.09. The van der Waals surface area contributed by atoms with E-state index in [-0.39, 0.29) is 44.0 Å². The van der Waals surface area contributed by atoms with Gasteiger partial charge in [0.15, 0.2) is 0 Å². The second-order valence-corrected chi connectivity index (χ2v) is 7.59. The summed E-state index contributed by atoms with van der Waals surface area (Å²) in [6.45, 7) is 3.52. The van der Waals surface area contributed by atoms with Crippen LogP contribution in [0.3, 0.4) is 0 Å². The summed E-state index contributed by atoms with van der Waals surface area (Å²) in [5.74, 6) is -0.426. The van der Waals surface area contributed by atoms with E-state index in [9.17, 15) is 19.1 Å². The number of hydrogen-bond acceptors (Lipinski definition) is 4. The number of aliphatic hydroxyl groups is 1. The number of ether oxygens (including phenoxy) is 1. The number of hydrogen-bond donors (Lipinski definition) is 2. The van der Waals surface area contributed by atoms with Crippen LogP contribution in [0.25, 0.3) is 0 Å². The Balaban J connectivity index is 2.01. The van der Waals surface area contributed by atoms with E-state index in [4.69, 9.17) is 9.84 Å². The molecule has 1 aromatic rings. The number of piperidine rings is 1. The molecule has 7 nitrogen and oxygen atoms in total. The van der Waals surface area contributed by atoms with Crippen LogP contribution in [0, 0.1) is 5.82 Å². The predicted octanol–water partition coefficient (Wildman–Crippen LogP) is 1.96. The SMILES string of the molecule is CN1C(=O)C2(CCN(C(=O)O)CC2)c2c(F)ccc(OCC(C)(C)O)c21. The van der Waals surface area contributed by atoms with Gasteiger partial charge < -0.3 is 24.7 Å². The maximum atomic E-state index is 14.8. The highest BCUT2D eigenvalue weighted by molar-refractivity contribution is 6.09. The molecule has 3 rings (SSSR count). The van der Waals surface area contributed by atoms with Gasteiger partial charge in [-0.15, -0.1) is 0 Å². The van der Waals surface area contributed by atoms with E-state index < -0.39 is 22.9 Å². The number of benzene rings is 1. The van der Waals surface area contributed by atoms with E-state index in [2.05, 4.69) is 0 Å². The van der Waals surface area contributed by atoms with Crippen molar-refractivity contribution >= 4 is 17.7 Å². The standard InChI is InChI=1S/C18H23FN2O5/c1-17(2,25)10-26-12-5-4-11(19)13-14(12)20(3)15(22)18(13)6-8-21(9-7-18)16(23)24/h4-5,25H,6-10H2,1-3H3,(H,23,24). The van der Waals surface area contributed by atoms with Gasteiger partial charge in [0.25, 0.3) is 0 Å². The van der Waals surface area contributed by atoms with Crippen LogP contribution in [0.2, 0.25) is 0 Å². The largest absolute Gasteiger partial charge is 0.488 e. The molecule has 0 saturated carbocycles. The van der Waals surface area contributed by atoms with Crippen molar-refractivity contribution in [3.63, 3.8) is 0 Å². The minimum Gasteiger partial charge on any atom is -0.488 e. The molecule has 1 aromatic carbocycles. The number of halogens is 1. The number of carbonyl (C=O) groups excluding carboxylic acids is 1. The molecule has 0 bridgehead atoms. The Morgan fingerprint density at radius 1 is 1.35 bits per heavy atom. The van der Waals surface area contributed by atoms with Crippen LogP contribution >= 0.6 is 0 Å². The van der Waals surface area contributed by atoms with Crippen molar-refractivity contribution < 1.29 is 28.9 Å². The molecule has 142 valence electrons. The quantitative estimate of drug-likeness (QED) is 0.854. The number of likely N-dealkylation sites (N-methyl/N-ethyl adjacent to an activating group) is 1. The van der Waals surface area contributed by atoms with Gasteiger partial charge in [-0.25, -0.2) is 9.18 Å². The van der Waals surface area contributed by atoms with Gasteiger partial charge in [-0.1, -0.05) is 0 Å². The van der Waals surface area contributed by atoms with E-state index in [0.29, 0.717) is 11.4 Å². The molecule has 26 heavy (non-hydrogen) atoms. The van der Waals surface area contributed by atoms with Crippen LogP contribution in [-0.4, -0.2) is 59.5 Å². The lowest BCUT2D eigenvalue weighted by Crippen LogP contribution is -2.49. The number of carbonyl (C=O) groups is 2. The second-order valence-electron chi connectivity index (χ2n) is 7.59. The van der Waals surface area contributed by atoms with Crippen molar-refractivity contribution in [2.45, 2.75) is 37.7 Å². The minimum absolute atomic E-state index is 0.00705. The average Bonchev–Trinajstić information content (AvgIpc) is 2.77. The van der Waals surface area contributed by atoms with Crippen LogP contribution in [-0.2, 0) is 10.2 Å². The van der Waals surface area contributed by atoms with Gasteiger partial charge >= 0.3 is 6.09 Å². The Kier molecular flexibility index (Phi) is 4.34. The zero-order valence-corrected chi connectivity index (χ0v) is 15.1. The molecule has 2 heterocycles. The fourth-order valence-corrected chi connectivity index (χ4v) is 3.78. The van der Waals surface area contributed by atoms with E-state index in [1.807, 2.05) is 0 Å². The summed E-state index contributed by atoms with van der Waals surface area (Å²) >= 11 is 0. The number of rotatable bonds is 3. The molecule has 1 fully saturated rings. The van der Waals surface area contributed by atoms with E-state index >= 15 is 0 Å². The topological polar surface area (TPSA) is 90.3 Å². The summed E-state index contributed by atoms with van der Waals surface area (Å²) in [4.78, 5) is 26.8. The summed E-state index contributed by atoms with van der Waals surface area (Å²) in [5.41, 5.74) is -1.52. The molecular formula is C18H23FN2O5. The van der Waals surface area contributed by atoms with Gasteiger partial charge in [-0.2, -0.15) is 0 Å². The highest BCUT2D eigenvalue weighted by Gasteiger charge is 2.54. The van der Waals surface area contributed by atoms with Crippen LogP contribution in [0.5, 0.6) is 5.75 Å². The molecule has 1 spiro atoms. The summed E-state index contributed by atoms with van der Waals surface area (Å²) in [6, 6.07) is 2.71. The van der Waals surface area contributed by atoms with Crippen LogP contribution < -0.4 is 9.64 Å². The first-order chi connectivity index (χ1) is 12.1. The van der Waals surface area contributed by atoms with Crippen molar-refractivity contribution in [2.24, 2.45) is 0 Å². The van der Waals surface area contributed by atoms with Gasteiger partial charge in [-0.05, 0) is 38.8 Å². The summed E-state index contributed by atoms with van der Waals surface area (Å²) in [7, 11) is 1.57. The first-order valence-corrected chi connectivity index (χ1v) is 8.51. The van der Waals surface area contributed by atoms with Gasteiger partial charge in [0.2, 0.25) is 5.91 Å². The highest BCUT2D eigenvalue weighted by atomic mass is 19.1. The van der Waals surface area contributed by atoms with Gasteiger partial charge in [0.05, 0.1) is 16.7 Å². The fraction of sp³-hybridized carbons (Fsp3) is 0.556. The molecule has 1 saturated heterocycles. The number of anilines is 1. The third kappa shape index (κ3) is 2.88. The molecule has 2 N–H and O–H groups in total. The Morgan fingerprint density at radius 2 is 1.96 bits per heavy atom. The van der Waals surface area contributed by atoms with E-state index in [0.717, 1.165) is 0 Å².